The number of hydrogen-bond acceptors (Lipinski definition) is 2. The Kier molecular flexibility index (Phi) is 6.69. The lowest BCUT2D eigenvalue weighted by Crippen LogP contribution is -2.30. The fourth-order valence-electron chi connectivity index (χ4n) is 10.3. The molecule has 2 aliphatic heterocycles. The Bertz CT molecular complexity index is 2830. The Labute approximate surface area is 328 Å². The lowest BCUT2D eigenvalue weighted by atomic mass is 9.73. The summed E-state index contributed by atoms with van der Waals surface area (Å²) in [4.78, 5) is 4.99. The van der Waals surface area contributed by atoms with Crippen molar-refractivity contribution in [3.05, 3.63) is 192 Å². The van der Waals surface area contributed by atoms with Crippen LogP contribution in [0.5, 0.6) is 0 Å². The molecular formula is C54H42N2. The van der Waals surface area contributed by atoms with E-state index in [0.717, 1.165) is 11.1 Å². The van der Waals surface area contributed by atoms with Crippen molar-refractivity contribution in [2.24, 2.45) is 0 Å². The van der Waals surface area contributed by atoms with Crippen LogP contribution in [-0.2, 0) is 10.8 Å². The molecule has 0 bridgehead atoms. The van der Waals surface area contributed by atoms with Gasteiger partial charge in [-0.25, -0.2) is 0 Å². The van der Waals surface area contributed by atoms with Gasteiger partial charge in [0.2, 0.25) is 0 Å². The van der Waals surface area contributed by atoms with Crippen molar-refractivity contribution in [1.29, 1.82) is 0 Å². The van der Waals surface area contributed by atoms with Gasteiger partial charge in [-0.2, -0.15) is 0 Å². The van der Waals surface area contributed by atoms with E-state index in [0.29, 0.717) is 0 Å². The van der Waals surface area contributed by atoms with Crippen LogP contribution >= 0.6 is 0 Å². The lowest BCUT2D eigenvalue weighted by molar-refractivity contribution is 0.632. The molecule has 0 saturated heterocycles. The number of benzene rings is 9. The van der Waals surface area contributed by atoms with E-state index in [1.807, 2.05) is 12.2 Å². The Balaban J connectivity index is 1.25. The largest absolute Gasteiger partial charge is 0.309 e. The number of para-hydroxylation sites is 4. The number of nitrogens with zero attached hydrogens (tertiary/aromatic N) is 2. The molecule has 2 aliphatic rings. The second-order valence-corrected chi connectivity index (χ2v) is 16.6. The first-order chi connectivity index (χ1) is 27.2. The van der Waals surface area contributed by atoms with Gasteiger partial charge in [-0.15, -0.1) is 0 Å². The molecule has 268 valence electrons. The number of anilines is 6. The maximum absolute atomic E-state index is 4.31. The zero-order chi connectivity index (χ0) is 38.1. The molecule has 9 aromatic rings. The first kappa shape index (κ1) is 32.8. The summed E-state index contributed by atoms with van der Waals surface area (Å²) in [6, 6.07) is 54.5. The number of fused-ring (bicyclic) bond motifs is 6. The zero-order valence-electron chi connectivity index (χ0n) is 32.3. The second kappa shape index (κ2) is 11.4. The van der Waals surface area contributed by atoms with Crippen molar-refractivity contribution in [1.82, 2.24) is 0 Å². The van der Waals surface area contributed by atoms with Crippen LogP contribution < -0.4 is 9.80 Å². The maximum Gasteiger partial charge on any atom is 0.0541 e. The van der Waals surface area contributed by atoms with Crippen LogP contribution in [0.25, 0.3) is 55.2 Å². The monoisotopic (exact) mass is 718 g/mol. The minimum absolute atomic E-state index is 0.138. The van der Waals surface area contributed by atoms with Gasteiger partial charge in [-0.3, -0.25) is 0 Å². The molecule has 0 aliphatic carbocycles. The van der Waals surface area contributed by atoms with Crippen LogP contribution in [0.3, 0.4) is 0 Å². The molecule has 2 heteroatoms. The zero-order valence-corrected chi connectivity index (χ0v) is 32.3. The summed E-state index contributed by atoms with van der Waals surface area (Å²) < 4.78 is 0. The third-order valence-corrected chi connectivity index (χ3v) is 13.0. The van der Waals surface area contributed by atoms with Crippen LogP contribution in [0.4, 0.5) is 34.1 Å². The van der Waals surface area contributed by atoms with Crippen LogP contribution in [0.15, 0.2) is 159 Å². The van der Waals surface area contributed by atoms with E-state index in [2.05, 4.69) is 196 Å². The van der Waals surface area contributed by atoms with E-state index >= 15 is 0 Å². The van der Waals surface area contributed by atoms with Gasteiger partial charge in [0, 0.05) is 21.6 Å². The summed E-state index contributed by atoms with van der Waals surface area (Å²) in [6.45, 7) is 18.0. The normalized spacial score (nSPS) is 15.1. The smallest absolute Gasteiger partial charge is 0.0541 e. The molecule has 0 radical (unpaired) electrons. The molecule has 0 atom stereocenters. The predicted molar refractivity (Wildman–Crippen MR) is 241 cm³/mol. The molecule has 0 N–H and O–H groups in total. The van der Waals surface area contributed by atoms with Crippen LogP contribution in [0.1, 0.15) is 61.1 Å². The minimum Gasteiger partial charge on any atom is -0.309 e. The predicted octanol–water partition coefficient (Wildman–Crippen LogP) is 15.2. The van der Waals surface area contributed by atoms with Crippen LogP contribution in [-0.4, -0.2) is 0 Å². The van der Waals surface area contributed by atoms with Crippen molar-refractivity contribution in [2.45, 2.75) is 38.5 Å². The van der Waals surface area contributed by atoms with Gasteiger partial charge in [-0.1, -0.05) is 138 Å². The van der Waals surface area contributed by atoms with Crippen molar-refractivity contribution >= 4 is 89.4 Å². The van der Waals surface area contributed by atoms with Crippen molar-refractivity contribution in [3.8, 4) is 0 Å². The highest BCUT2D eigenvalue weighted by atomic mass is 15.2. The number of hydrogen-bond donors (Lipinski definition) is 0. The van der Waals surface area contributed by atoms with Crippen molar-refractivity contribution < 1.29 is 0 Å². The van der Waals surface area contributed by atoms with Gasteiger partial charge in [0.05, 0.1) is 34.1 Å². The van der Waals surface area contributed by atoms with E-state index < -0.39 is 0 Å². The molecule has 0 saturated carbocycles. The van der Waals surface area contributed by atoms with E-state index in [4.69, 9.17) is 0 Å². The number of rotatable bonds is 4. The first-order valence-electron chi connectivity index (χ1n) is 19.7. The molecule has 0 aromatic heterocycles. The van der Waals surface area contributed by atoms with Gasteiger partial charge in [-0.05, 0) is 126 Å². The fourth-order valence-corrected chi connectivity index (χ4v) is 10.3. The van der Waals surface area contributed by atoms with Gasteiger partial charge >= 0.3 is 0 Å². The quantitative estimate of drug-likeness (QED) is 0.132. The van der Waals surface area contributed by atoms with Crippen LogP contribution in [0, 0.1) is 0 Å². The SMILES string of the molecule is C=Cc1cc2c(N3c4ccccc4C(C)(C)c4ccccc43)ccc3c4ccc(N5c6ccccc6C(C)(C)c6ccccc65)c5cc(C=C)cc(c(c1)c23)c54. The highest BCUT2D eigenvalue weighted by Crippen LogP contribution is 2.56. The van der Waals surface area contributed by atoms with E-state index in [1.165, 1.54) is 99.5 Å². The van der Waals surface area contributed by atoms with E-state index in [1.54, 1.807) is 0 Å². The summed E-state index contributed by atoms with van der Waals surface area (Å²) in [5.41, 5.74) is 14.4. The molecule has 0 spiro atoms. The molecule has 0 unspecified atom stereocenters. The van der Waals surface area contributed by atoms with Crippen molar-refractivity contribution in [2.75, 3.05) is 9.80 Å². The molecule has 9 aromatic carbocycles. The average molecular weight is 719 g/mol. The van der Waals surface area contributed by atoms with E-state index in [9.17, 15) is 0 Å². The maximum atomic E-state index is 4.31. The van der Waals surface area contributed by atoms with Gasteiger partial charge in [0.1, 0.15) is 0 Å². The summed E-state index contributed by atoms with van der Waals surface area (Å²) in [5.74, 6) is 0. The molecule has 56 heavy (non-hydrogen) atoms. The highest BCUT2D eigenvalue weighted by molar-refractivity contribution is 6.36. The second-order valence-electron chi connectivity index (χ2n) is 16.6. The Hall–Kier alpha value is -6.64. The summed E-state index contributed by atoms with van der Waals surface area (Å²) in [6.07, 6.45) is 3.99. The van der Waals surface area contributed by atoms with Gasteiger partial charge in [0.15, 0.2) is 0 Å². The van der Waals surface area contributed by atoms with Gasteiger partial charge < -0.3 is 9.80 Å². The average Bonchev–Trinajstić information content (AvgIpc) is 3.23. The van der Waals surface area contributed by atoms with Gasteiger partial charge in [0.25, 0.3) is 0 Å². The molecular weight excluding hydrogens is 677 g/mol. The van der Waals surface area contributed by atoms with Crippen LogP contribution in [0.2, 0.25) is 0 Å². The van der Waals surface area contributed by atoms with E-state index in [-0.39, 0.29) is 10.8 Å². The third kappa shape index (κ3) is 4.22. The summed E-state index contributed by atoms with van der Waals surface area (Å²) >= 11 is 0. The molecule has 2 nitrogen and oxygen atoms in total. The molecule has 0 amide bonds. The molecule has 11 rings (SSSR count). The topological polar surface area (TPSA) is 6.48 Å². The fraction of sp³-hybridized carbons (Fsp3) is 0.111. The standard InChI is InChI=1S/C54H42N2/c1-7-33-29-37-38-30-34(8-2)32-40-46(56-49-23-15-11-19-43(49)54(5,6)44-20-12-16-24-50(44)56)28-26-36(52(38)40)35-25-27-45(39(31-33)51(35)37)55-47-21-13-9-17-41(47)53(3,4)42-18-10-14-22-48(42)55/h7-32H,1-2H2,3-6H3. The summed E-state index contributed by atoms with van der Waals surface area (Å²) in [7, 11) is 0. The summed E-state index contributed by atoms with van der Waals surface area (Å²) in [5, 5.41) is 9.93. The molecule has 2 heterocycles. The lowest BCUT2D eigenvalue weighted by Gasteiger charge is -2.42. The van der Waals surface area contributed by atoms with Crippen molar-refractivity contribution in [3.63, 3.8) is 0 Å². The molecule has 0 fully saturated rings. The Morgan fingerprint density at radius 3 is 0.982 bits per heavy atom. The minimum atomic E-state index is -0.138. The Morgan fingerprint density at radius 1 is 0.357 bits per heavy atom. The highest BCUT2D eigenvalue weighted by Gasteiger charge is 2.39. The Morgan fingerprint density at radius 2 is 0.661 bits per heavy atom. The third-order valence-electron chi connectivity index (χ3n) is 13.0. The first-order valence-corrected chi connectivity index (χ1v) is 19.7.